The van der Waals surface area contributed by atoms with Gasteiger partial charge in [0.15, 0.2) is 11.5 Å². The second-order valence-corrected chi connectivity index (χ2v) is 18.5. The third kappa shape index (κ3) is 17.7. The highest BCUT2D eigenvalue weighted by Gasteiger charge is 2.34. The molecular formula is C27H48N3O8PS4. The number of ether oxygens (including phenoxy) is 3. The van der Waals surface area contributed by atoms with Crippen molar-refractivity contribution >= 4 is 70.3 Å². The van der Waals surface area contributed by atoms with Gasteiger partial charge in [-0.25, -0.2) is 9.59 Å². The molecule has 0 bridgehead atoms. The molecule has 1 heterocycles. The standard InChI is InChI=1S/C11H13NO4.C9H18N2O2S.C7H17O2PS3/c1-11(2)15-8-6-4-5-7(9(8)16-11)14-10(13)12-3;1-9(2,3)7(6-14-5)11-13-8(12)10-4;1-4-8-10(11,9-5-2)13-7-12-6-3/h4-6H,1-3H3,(H,12,13);6H2,1-5H3,(H,10,12);4-7H2,1-3H3. The SMILES string of the molecule is CCOP(=S)(OCC)SCSCC.CNC(=O)ON=C(CSC)C(C)(C)C.CNC(=O)Oc1cccc2c1OC(C)(C)O2. The highest BCUT2D eigenvalue weighted by Crippen LogP contribution is 2.61. The minimum Gasteiger partial charge on any atom is -0.449 e. The summed E-state index contributed by atoms with van der Waals surface area (Å²) in [6, 6.07) is 5.15. The monoisotopic (exact) mass is 701 g/mol. The summed E-state index contributed by atoms with van der Waals surface area (Å²) < 4.78 is 27.0. The van der Waals surface area contributed by atoms with E-state index in [4.69, 9.17) is 35.1 Å². The van der Waals surface area contributed by atoms with Crippen LogP contribution in [0.2, 0.25) is 0 Å². The zero-order valence-corrected chi connectivity index (χ0v) is 31.2. The van der Waals surface area contributed by atoms with Crippen LogP contribution in [0.3, 0.4) is 0 Å². The number of carbonyl (C=O) groups is 2. The molecule has 0 spiro atoms. The van der Waals surface area contributed by atoms with Crippen molar-refractivity contribution in [2.24, 2.45) is 10.6 Å². The van der Waals surface area contributed by atoms with E-state index in [2.05, 4.69) is 27.6 Å². The van der Waals surface area contributed by atoms with Crippen molar-refractivity contribution in [1.29, 1.82) is 0 Å². The van der Waals surface area contributed by atoms with Gasteiger partial charge in [-0.05, 0) is 49.8 Å². The van der Waals surface area contributed by atoms with E-state index < -0.39 is 23.7 Å². The second-order valence-electron chi connectivity index (χ2n) is 9.70. The molecule has 0 unspecified atom stereocenters. The molecule has 0 radical (unpaired) electrons. The summed E-state index contributed by atoms with van der Waals surface area (Å²) in [5.41, 5.74) is -1.22. The highest BCUT2D eigenvalue weighted by molar-refractivity contribution is 8.69. The lowest BCUT2D eigenvalue weighted by Gasteiger charge is -2.19. The molecule has 0 fully saturated rings. The van der Waals surface area contributed by atoms with Crippen molar-refractivity contribution in [2.45, 2.75) is 61.2 Å². The van der Waals surface area contributed by atoms with Crippen LogP contribution in [0.4, 0.5) is 9.59 Å². The Morgan fingerprint density at radius 2 is 1.65 bits per heavy atom. The maximum absolute atomic E-state index is 11.1. The van der Waals surface area contributed by atoms with E-state index in [1.54, 1.807) is 55.2 Å². The van der Waals surface area contributed by atoms with Gasteiger partial charge in [-0.1, -0.05) is 50.3 Å². The first-order valence-corrected chi connectivity index (χ1v) is 20.4. The molecule has 248 valence electrons. The van der Waals surface area contributed by atoms with Crippen molar-refractivity contribution in [3.05, 3.63) is 18.2 Å². The molecule has 11 nitrogen and oxygen atoms in total. The minimum atomic E-state index is -2.02. The van der Waals surface area contributed by atoms with Crippen LogP contribution in [0.15, 0.2) is 23.4 Å². The van der Waals surface area contributed by atoms with E-state index in [1.165, 1.54) is 14.1 Å². The lowest BCUT2D eigenvalue weighted by Crippen LogP contribution is -2.30. The third-order valence-electron chi connectivity index (χ3n) is 4.72. The Hall–Kier alpha value is -1.35. The number of hydrogen-bond acceptors (Lipinski definition) is 13. The van der Waals surface area contributed by atoms with Crippen LogP contribution in [-0.4, -0.2) is 73.8 Å². The van der Waals surface area contributed by atoms with E-state index in [-0.39, 0.29) is 5.41 Å². The Bertz CT molecular complexity index is 1060. The number of nitrogens with one attached hydrogen (secondary N) is 2. The average Bonchev–Trinajstić information content (AvgIpc) is 3.26. The molecule has 2 rings (SSSR count). The highest BCUT2D eigenvalue weighted by atomic mass is 32.9. The van der Waals surface area contributed by atoms with Crippen molar-refractivity contribution in [3.8, 4) is 17.2 Å². The number of nitrogens with zero attached hydrogens (tertiary/aromatic N) is 1. The first-order chi connectivity index (χ1) is 20.1. The summed E-state index contributed by atoms with van der Waals surface area (Å²) in [6.45, 7) is 17.0. The van der Waals surface area contributed by atoms with Crippen molar-refractivity contribution in [2.75, 3.05) is 50.2 Å². The van der Waals surface area contributed by atoms with Crippen molar-refractivity contribution in [3.63, 3.8) is 0 Å². The molecule has 1 aliphatic rings. The summed E-state index contributed by atoms with van der Waals surface area (Å²) in [4.78, 5) is 26.6. The van der Waals surface area contributed by atoms with Crippen LogP contribution in [0.25, 0.3) is 0 Å². The number of benzene rings is 1. The summed E-state index contributed by atoms with van der Waals surface area (Å²) >= 11 is 10.5. The Morgan fingerprint density at radius 1 is 1.05 bits per heavy atom. The fourth-order valence-corrected chi connectivity index (χ4v) is 10.5. The molecule has 0 aliphatic carbocycles. The van der Waals surface area contributed by atoms with Gasteiger partial charge in [-0.15, -0.1) is 0 Å². The van der Waals surface area contributed by atoms with Gasteiger partial charge < -0.3 is 33.9 Å². The van der Waals surface area contributed by atoms with Gasteiger partial charge in [0.1, 0.15) is 0 Å². The predicted molar refractivity (Wildman–Crippen MR) is 186 cm³/mol. The maximum atomic E-state index is 11.1. The van der Waals surface area contributed by atoms with Crippen LogP contribution in [0.1, 0.15) is 55.4 Å². The summed E-state index contributed by atoms with van der Waals surface area (Å²) in [7, 11) is 3.00. The molecule has 16 heteroatoms. The van der Waals surface area contributed by atoms with Gasteiger partial charge in [-0.2, -0.15) is 23.5 Å². The molecule has 1 aromatic rings. The molecule has 1 aromatic carbocycles. The Balaban J connectivity index is 0.000000621. The third-order valence-corrected chi connectivity index (χ3v) is 12.4. The number of fused-ring (bicyclic) bond motifs is 1. The average molecular weight is 702 g/mol. The van der Waals surface area contributed by atoms with Crippen molar-refractivity contribution in [1.82, 2.24) is 10.6 Å². The zero-order chi connectivity index (χ0) is 33.1. The van der Waals surface area contributed by atoms with Gasteiger partial charge in [0.05, 0.1) is 18.9 Å². The quantitative estimate of drug-likeness (QED) is 0.0553. The van der Waals surface area contributed by atoms with Crippen LogP contribution in [0, 0.1) is 5.41 Å². The number of thioether (sulfide) groups is 2. The Morgan fingerprint density at radius 3 is 2.14 bits per heavy atom. The van der Waals surface area contributed by atoms with E-state index >= 15 is 0 Å². The minimum absolute atomic E-state index is 0.0724. The lowest BCUT2D eigenvalue weighted by molar-refractivity contribution is -0.0438. The van der Waals surface area contributed by atoms with Crippen LogP contribution in [0.5, 0.6) is 17.2 Å². The molecular weight excluding hydrogens is 654 g/mol. The molecule has 1 aliphatic heterocycles. The molecule has 0 atom stereocenters. The van der Waals surface area contributed by atoms with Gasteiger partial charge in [0, 0.05) is 44.2 Å². The fraction of sp³-hybridized carbons (Fsp3) is 0.667. The summed E-state index contributed by atoms with van der Waals surface area (Å²) in [5, 5.41) is 9.51. The number of rotatable bonds is 12. The molecule has 43 heavy (non-hydrogen) atoms. The number of carbonyl (C=O) groups excluding carboxylic acids is 2. The maximum Gasteiger partial charge on any atom is 0.433 e. The fourth-order valence-electron chi connectivity index (χ4n) is 2.71. The molecule has 0 saturated carbocycles. The van der Waals surface area contributed by atoms with Crippen LogP contribution in [-0.2, 0) is 25.7 Å². The first-order valence-electron chi connectivity index (χ1n) is 13.6. The van der Waals surface area contributed by atoms with Crippen molar-refractivity contribution < 1.29 is 37.7 Å². The molecule has 2 amide bonds. The topological polar surface area (TPSA) is 126 Å². The summed E-state index contributed by atoms with van der Waals surface area (Å²) in [6.07, 6.45) is 0.913. The van der Waals surface area contributed by atoms with Gasteiger partial charge in [0.25, 0.3) is 0 Å². The van der Waals surface area contributed by atoms with E-state index in [9.17, 15) is 9.59 Å². The van der Waals surface area contributed by atoms with E-state index in [1.807, 2.05) is 52.6 Å². The van der Waals surface area contributed by atoms with E-state index in [0.29, 0.717) is 30.5 Å². The largest absolute Gasteiger partial charge is 0.449 e. The first kappa shape index (κ1) is 41.7. The zero-order valence-electron chi connectivity index (χ0n) is 27.1. The van der Waals surface area contributed by atoms with Gasteiger partial charge >= 0.3 is 12.2 Å². The predicted octanol–water partition coefficient (Wildman–Crippen LogP) is 7.75. The number of amides is 2. The molecule has 0 saturated heterocycles. The number of hydrogen-bond donors (Lipinski definition) is 2. The smallest absolute Gasteiger partial charge is 0.433 e. The molecule has 2 N–H and O–H groups in total. The second kappa shape index (κ2) is 21.4. The Kier molecular flexibility index (Phi) is 20.7. The Labute approximate surface area is 274 Å². The van der Waals surface area contributed by atoms with Crippen LogP contribution >= 0.6 is 40.6 Å². The molecule has 0 aromatic heterocycles. The van der Waals surface area contributed by atoms with Gasteiger partial charge in [0.2, 0.25) is 17.2 Å². The lowest BCUT2D eigenvalue weighted by atomic mass is 9.91. The number of oxime groups is 1. The normalized spacial score (nSPS) is 13.5. The van der Waals surface area contributed by atoms with E-state index in [0.717, 1.165) is 22.3 Å². The van der Waals surface area contributed by atoms with Crippen LogP contribution < -0.4 is 24.8 Å². The summed E-state index contributed by atoms with van der Waals surface area (Å²) in [5.74, 6) is 2.52. The van der Waals surface area contributed by atoms with Gasteiger partial charge in [-0.3, -0.25) is 4.84 Å². The number of para-hydroxylation sites is 1.